The van der Waals surface area contributed by atoms with Crippen molar-refractivity contribution in [2.75, 3.05) is 0 Å². The molecule has 0 aliphatic heterocycles. The van der Waals surface area contributed by atoms with Crippen LogP contribution < -0.4 is 0 Å². The number of carbonyl (C=O) groups is 1. The first-order valence-electron chi connectivity index (χ1n) is 6.30. The van der Waals surface area contributed by atoms with Gasteiger partial charge >= 0.3 is 0 Å². The Balaban J connectivity index is 2.45. The molecule has 0 spiro atoms. The van der Waals surface area contributed by atoms with Gasteiger partial charge in [-0.15, -0.1) is 0 Å². The lowest BCUT2D eigenvalue weighted by atomic mass is 9.89. The largest absolute Gasteiger partial charge is 0.292 e. The van der Waals surface area contributed by atoms with Crippen molar-refractivity contribution in [1.29, 1.82) is 5.26 Å². The van der Waals surface area contributed by atoms with Crippen LogP contribution in [-0.4, -0.2) is 5.78 Å². The van der Waals surface area contributed by atoms with Crippen LogP contribution in [0.3, 0.4) is 0 Å². The lowest BCUT2D eigenvalue weighted by molar-refractivity contribution is 0.0979. The van der Waals surface area contributed by atoms with Crippen LogP contribution in [-0.2, 0) is 0 Å². The molecule has 0 aromatic heterocycles. The second-order valence-corrected chi connectivity index (χ2v) is 5.17. The molecular weight excluding hydrogens is 270 g/mol. The molecule has 2 nitrogen and oxygen atoms in total. The average Bonchev–Trinajstić information content (AvgIpc) is 2.41. The van der Waals surface area contributed by atoms with E-state index in [9.17, 15) is 10.1 Å². The van der Waals surface area contributed by atoms with Gasteiger partial charge in [-0.05, 0) is 42.7 Å². The van der Waals surface area contributed by atoms with E-state index in [2.05, 4.69) is 6.07 Å². The summed E-state index contributed by atoms with van der Waals surface area (Å²) in [5, 5.41) is 9.76. The summed E-state index contributed by atoms with van der Waals surface area (Å²) in [7, 11) is 0. The number of nitrogens with zero attached hydrogens (tertiary/aromatic N) is 1. The number of ketones is 1. The number of nitriles is 1. The highest BCUT2D eigenvalue weighted by atomic mass is 35.5. The zero-order chi connectivity index (χ0) is 14.7. The Kier molecular flexibility index (Phi) is 4.22. The third-order valence-electron chi connectivity index (χ3n) is 3.28. The Morgan fingerprint density at radius 3 is 2.50 bits per heavy atom. The van der Waals surface area contributed by atoms with Gasteiger partial charge in [-0.25, -0.2) is 0 Å². The van der Waals surface area contributed by atoms with Gasteiger partial charge in [-0.3, -0.25) is 4.79 Å². The third kappa shape index (κ3) is 2.74. The van der Waals surface area contributed by atoms with Crippen molar-refractivity contribution in [2.24, 2.45) is 0 Å². The number of benzene rings is 2. The van der Waals surface area contributed by atoms with Gasteiger partial charge in [0.15, 0.2) is 5.78 Å². The van der Waals surface area contributed by atoms with Gasteiger partial charge in [0.05, 0.1) is 11.1 Å². The molecular formula is C17H14ClNO. The molecule has 1 unspecified atom stereocenters. The molecule has 0 saturated carbocycles. The van der Waals surface area contributed by atoms with Crippen molar-refractivity contribution in [3.05, 3.63) is 69.7 Å². The molecule has 0 saturated heterocycles. The van der Waals surface area contributed by atoms with Crippen LogP contribution in [0.15, 0.2) is 42.5 Å². The molecule has 0 aliphatic carbocycles. The summed E-state index contributed by atoms with van der Waals surface area (Å²) in [6, 6.07) is 14.8. The number of hydrogen-bond donors (Lipinski definition) is 0. The summed E-state index contributed by atoms with van der Waals surface area (Å²) in [4.78, 5) is 12.6. The van der Waals surface area contributed by atoms with Crippen LogP contribution in [0, 0.1) is 25.2 Å². The van der Waals surface area contributed by atoms with Crippen molar-refractivity contribution in [3.63, 3.8) is 0 Å². The summed E-state index contributed by atoms with van der Waals surface area (Å²) >= 11 is 6.12. The minimum atomic E-state index is -0.823. The topological polar surface area (TPSA) is 40.9 Å². The second-order valence-electron chi connectivity index (χ2n) is 4.77. The molecule has 2 aromatic carbocycles. The second kappa shape index (κ2) is 5.90. The smallest absolute Gasteiger partial charge is 0.185 e. The van der Waals surface area contributed by atoms with Gasteiger partial charge in [-0.2, -0.15) is 5.26 Å². The van der Waals surface area contributed by atoms with E-state index >= 15 is 0 Å². The maximum absolute atomic E-state index is 12.6. The van der Waals surface area contributed by atoms with Crippen molar-refractivity contribution in [1.82, 2.24) is 0 Å². The molecule has 2 aromatic rings. The normalized spacial score (nSPS) is 11.7. The van der Waals surface area contributed by atoms with Crippen LogP contribution in [0.1, 0.15) is 33.0 Å². The summed E-state index contributed by atoms with van der Waals surface area (Å²) < 4.78 is 0. The molecule has 0 aliphatic rings. The molecule has 2 rings (SSSR count). The molecule has 1 atom stereocenters. The summed E-state index contributed by atoms with van der Waals surface area (Å²) in [6.45, 7) is 3.80. The maximum Gasteiger partial charge on any atom is 0.185 e. The monoisotopic (exact) mass is 283 g/mol. The van der Waals surface area contributed by atoms with Gasteiger partial charge in [-0.1, -0.05) is 41.9 Å². The lowest BCUT2D eigenvalue weighted by Gasteiger charge is -2.12. The first-order chi connectivity index (χ1) is 9.54. The fourth-order valence-electron chi connectivity index (χ4n) is 2.16. The third-order valence-corrected chi connectivity index (χ3v) is 3.59. The number of carbonyl (C=O) groups excluding carboxylic acids is 1. The predicted molar refractivity (Wildman–Crippen MR) is 80.1 cm³/mol. The first kappa shape index (κ1) is 14.3. The van der Waals surface area contributed by atoms with Crippen LogP contribution in [0.25, 0.3) is 0 Å². The standard InChI is InChI=1S/C17H14ClNO/c1-11-7-8-14(16(18)9-11)17(20)15(10-19)13-6-4-3-5-12(13)2/h3-9,15H,1-2H3. The van der Waals surface area contributed by atoms with Gasteiger partial charge < -0.3 is 0 Å². The maximum atomic E-state index is 12.6. The zero-order valence-corrected chi connectivity index (χ0v) is 12.1. The number of rotatable bonds is 3. The molecule has 0 heterocycles. The molecule has 0 radical (unpaired) electrons. The molecule has 0 bridgehead atoms. The van der Waals surface area contributed by atoms with E-state index in [1.165, 1.54) is 0 Å². The van der Waals surface area contributed by atoms with Crippen LogP contribution >= 0.6 is 11.6 Å². The Labute approximate surface area is 123 Å². The summed E-state index contributed by atoms with van der Waals surface area (Å²) in [5.74, 6) is -1.08. The van der Waals surface area contributed by atoms with E-state index in [0.717, 1.165) is 16.7 Å². The Morgan fingerprint density at radius 1 is 1.20 bits per heavy atom. The van der Waals surface area contributed by atoms with Gasteiger partial charge in [0.25, 0.3) is 0 Å². The minimum Gasteiger partial charge on any atom is -0.292 e. The van der Waals surface area contributed by atoms with E-state index in [-0.39, 0.29) is 5.78 Å². The molecule has 0 amide bonds. The summed E-state index contributed by atoms with van der Waals surface area (Å²) in [5.41, 5.74) is 3.04. The Hall–Kier alpha value is -2.11. The Morgan fingerprint density at radius 2 is 1.90 bits per heavy atom. The van der Waals surface area contributed by atoms with Gasteiger partial charge in [0.1, 0.15) is 5.92 Å². The number of Topliss-reactive ketones (excluding diaryl/α,β-unsaturated/α-hetero) is 1. The highest BCUT2D eigenvalue weighted by Crippen LogP contribution is 2.27. The van der Waals surface area contributed by atoms with Crippen LogP contribution in [0.4, 0.5) is 0 Å². The predicted octanol–water partition coefficient (Wildman–Crippen LogP) is 4.45. The zero-order valence-electron chi connectivity index (χ0n) is 11.4. The SMILES string of the molecule is Cc1ccc(C(=O)C(C#N)c2ccccc2C)c(Cl)c1. The molecule has 0 fully saturated rings. The van der Waals surface area contributed by atoms with Crippen molar-refractivity contribution < 1.29 is 4.79 Å². The first-order valence-corrected chi connectivity index (χ1v) is 6.68. The Bertz CT molecular complexity index is 700. The van der Waals surface area contributed by atoms with Gasteiger partial charge in [0, 0.05) is 5.56 Å². The number of hydrogen-bond acceptors (Lipinski definition) is 2. The van der Waals surface area contributed by atoms with Gasteiger partial charge in [0.2, 0.25) is 0 Å². The van der Waals surface area contributed by atoms with Crippen LogP contribution in [0.2, 0.25) is 5.02 Å². The molecule has 0 N–H and O–H groups in total. The van der Waals surface area contributed by atoms with E-state index in [1.54, 1.807) is 12.1 Å². The van der Waals surface area contributed by atoms with E-state index in [4.69, 9.17) is 11.6 Å². The fraction of sp³-hybridized carbons (Fsp3) is 0.176. The quantitative estimate of drug-likeness (QED) is 0.781. The van der Waals surface area contributed by atoms with Crippen molar-refractivity contribution >= 4 is 17.4 Å². The van der Waals surface area contributed by atoms with E-state index in [1.807, 2.05) is 44.2 Å². The molecule has 100 valence electrons. The fourth-order valence-corrected chi connectivity index (χ4v) is 2.48. The highest BCUT2D eigenvalue weighted by molar-refractivity contribution is 6.34. The van der Waals surface area contributed by atoms with E-state index in [0.29, 0.717) is 10.6 Å². The summed E-state index contributed by atoms with van der Waals surface area (Å²) in [6.07, 6.45) is 0. The van der Waals surface area contributed by atoms with Crippen molar-refractivity contribution in [3.8, 4) is 6.07 Å². The molecule has 20 heavy (non-hydrogen) atoms. The molecule has 3 heteroatoms. The lowest BCUT2D eigenvalue weighted by Crippen LogP contribution is -2.13. The average molecular weight is 284 g/mol. The minimum absolute atomic E-state index is 0.258. The van der Waals surface area contributed by atoms with E-state index < -0.39 is 5.92 Å². The number of halogens is 1. The number of aryl methyl sites for hydroxylation is 2. The van der Waals surface area contributed by atoms with Crippen molar-refractivity contribution in [2.45, 2.75) is 19.8 Å². The van der Waals surface area contributed by atoms with Crippen LogP contribution in [0.5, 0.6) is 0 Å². The highest BCUT2D eigenvalue weighted by Gasteiger charge is 2.24.